The third-order valence-electron chi connectivity index (χ3n) is 10.7. The smallest absolute Gasteiger partial charge is 0.266 e. The van der Waals surface area contributed by atoms with Crippen LogP contribution < -0.4 is 9.80 Å². The average molecular weight is 711 g/mol. The quantitative estimate of drug-likeness (QED) is 0.0728. The van der Waals surface area contributed by atoms with Gasteiger partial charge in [0.1, 0.15) is 0 Å². The molecule has 2 heterocycles. The topological polar surface area (TPSA) is 143 Å². The average Bonchev–Trinajstić information content (AvgIpc) is 3.15. The molecule has 0 N–H and O–H groups in total. The second-order valence-electron chi connectivity index (χ2n) is 13.7. The van der Waals surface area contributed by atoms with E-state index in [1.807, 2.05) is 0 Å². The van der Waals surface area contributed by atoms with Crippen molar-refractivity contribution in [2.45, 2.75) is 27.7 Å². The number of hydrogen-bond donors (Lipinski definition) is 0. The first kappa shape index (κ1) is 32.7. The number of hydrogen-bond acceptors (Lipinski definition) is 8. The third kappa shape index (κ3) is 4.10. The lowest BCUT2D eigenvalue weighted by molar-refractivity contribution is 0.0875. The number of ketones is 4. The number of carbonyl (C=O) groups is 8. The highest BCUT2D eigenvalue weighted by atomic mass is 16.2. The Bertz CT molecular complexity index is 2660. The summed E-state index contributed by atoms with van der Waals surface area (Å²) in [5.74, 6) is -4.39. The number of carbonyl (C=O) groups excluding carboxylic acids is 8. The summed E-state index contributed by atoms with van der Waals surface area (Å²) in [6.45, 7) is 5.23. The molecule has 0 spiro atoms. The van der Waals surface area contributed by atoms with Gasteiger partial charge in [-0.05, 0) is 109 Å². The molecular weight excluding hydrogens is 684 g/mol. The molecule has 0 bridgehead atoms. The minimum absolute atomic E-state index is 0.0547. The highest BCUT2D eigenvalue weighted by Gasteiger charge is 2.41. The van der Waals surface area contributed by atoms with E-state index in [-0.39, 0.29) is 55.9 Å². The predicted molar refractivity (Wildman–Crippen MR) is 203 cm³/mol. The summed E-state index contributed by atoms with van der Waals surface area (Å²) < 4.78 is 0. The largest absolute Gasteiger partial charge is 0.294 e. The zero-order valence-electron chi connectivity index (χ0n) is 29.2. The molecule has 7 aromatic rings. The zero-order valence-corrected chi connectivity index (χ0v) is 29.2. The SMILES string of the molecule is CC(=O)c1cccc(C(C)=O)c1N1C(=O)c2ccc3c4ccc5c6c(ccc(c7ccc(c2c37)C1=O)c64)C(=O)N(c1c(C(C)=O)cccc1C(C)=O)C5=O. The Hall–Kier alpha value is -7.20. The summed E-state index contributed by atoms with van der Waals surface area (Å²) in [4.78, 5) is 110. The number of amides is 4. The number of anilines is 2. The minimum atomic E-state index is -0.685. The van der Waals surface area contributed by atoms with Crippen LogP contribution in [-0.4, -0.2) is 46.8 Å². The van der Waals surface area contributed by atoms with Crippen LogP contribution in [0, 0.1) is 0 Å². The molecule has 0 unspecified atom stereocenters. The van der Waals surface area contributed by atoms with Crippen molar-refractivity contribution in [2.24, 2.45) is 0 Å². The Morgan fingerprint density at radius 1 is 0.352 bits per heavy atom. The fourth-order valence-corrected chi connectivity index (χ4v) is 8.38. The molecule has 4 amide bonds. The van der Waals surface area contributed by atoms with Crippen molar-refractivity contribution in [3.8, 4) is 0 Å². The summed E-state index contributed by atoms with van der Waals surface area (Å²) >= 11 is 0. The molecule has 0 saturated heterocycles. The normalized spacial score (nSPS) is 13.9. The summed E-state index contributed by atoms with van der Waals surface area (Å²) in [5.41, 5.74) is 0.985. The summed E-state index contributed by atoms with van der Waals surface area (Å²) in [5, 5.41) is 4.78. The van der Waals surface area contributed by atoms with Crippen LogP contribution in [0.5, 0.6) is 0 Å². The maximum Gasteiger partial charge on any atom is 0.266 e. The summed E-state index contributed by atoms with van der Waals surface area (Å²) in [6.07, 6.45) is 0. The Labute approximate surface area is 305 Å². The second-order valence-corrected chi connectivity index (χ2v) is 13.7. The molecule has 54 heavy (non-hydrogen) atoms. The first-order chi connectivity index (χ1) is 25.8. The van der Waals surface area contributed by atoms with Gasteiger partial charge in [0.15, 0.2) is 23.1 Å². The number of nitrogens with zero attached hydrogens (tertiary/aromatic N) is 2. The van der Waals surface area contributed by atoms with Crippen LogP contribution >= 0.6 is 0 Å². The first-order valence-electron chi connectivity index (χ1n) is 17.1. The molecular formula is C44H26N2O8. The standard InChI is InChI=1S/C44H26N2O8/c1-19(47)23-7-5-8-24(20(2)48)39(23)45-41(51)31-15-11-27-29-13-17-33-38-34(18-14-30(36(29)38)28-12-16-32(42(45)52)37(31)35(27)28)44(54)46(43(33)53)40-25(21(3)49)9-6-10-26(40)22(4)50/h5-18H,1-4H3. The molecule has 260 valence electrons. The van der Waals surface area contributed by atoms with Gasteiger partial charge in [-0.25, -0.2) is 9.80 Å². The number of Topliss-reactive ketones (excluding diaryl/α,β-unsaturated/α-hetero) is 4. The fraction of sp³-hybridized carbons (Fsp3) is 0.0909. The van der Waals surface area contributed by atoms with E-state index < -0.39 is 46.8 Å². The van der Waals surface area contributed by atoms with E-state index in [1.165, 1.54) is 64.1 Å². The van der Waals surface area contributed by atoms with Crippen molar-refractivity contribution in [3.05, 3.63) is 129 Å². The predicted octanol–water partition coefficient (Wildman–Crippen LogP) is 8.15. The lowest BCUT2D eigenvalue weighted by Crippen LogP contribution is -2.42. The molecule has 0 fully saturated rings. The van der Waals surface area contributed by atoms with E-state index in [4.69, 9.17) is 0 Å². The van der Waals surface area contributed by atoms with Crippen LogP contribution in [0.3, 0.4) is 0 Å². The minimum Gasteiger partial charge on any atom is -0.294 e. The number of fused-ring (bicyclic) bond motifs is 2. The van der Waals surface area contributed by atoms with Gasteiger partial charge in [-0.1, -0.05) is 36.4 Å². The molecule has 0 saturated carbocycles. The molecule has 0 aliphatic carbocycles. The Balaban J connectivity index is 1.29. The van der Waals surface area contributed by atoms with Gasteiger partial charge in [-0.2, -0.15) is 0 Å². The molecule has 7 aromatic carbocycles. The molecule has 2 aliphatic heterocycles. The highest BCUT2D eigenvalue weighted by molar-refractivity contribution is 6.46. The van der Waals surface area contributed by atoms with Crippen LogP contribution in [0.2, 0.25) is 0 Å². The number of benzene rings is 7. The van der Waals surface area contributed by atoms with Gasteiger partial charge in [-0.15, -0.1) is 0 Å². The van der Waals surface area contributed by atoms with Crippen molar-refractivity contribution in [2.75, 3.05) is 9.80 Å². The van der Waals surface area contributed by atoms with E-state index in [0.717, 1.165) is 9.80 Å². The van der Waals surface area contributed by atoms with Crippen molar-refractivity contribution in [1.82, 2.24) is 0 Å². The van der Waals surface area contributed by atoms with Crippen molar-refractivity contribution >= 4 is 101 Å². The molecule has 2 aliphatic rings. The van der Waals surface area contributed by atoms with E-state index >= 15 is 0 Å². The van der Waals surface area contributed by atoms with Gasteiger partial charge >= 0.3 is 0 Å². The van der Waals surface area contributed by atoms with Crippen molar-refractivity contribution < 1.29 is 38.4 Å². The van der Waals surface area contributed by atoms with E-state index in [1.54, 1.807) is 48.5 Å². The Kier molecular flexibility index (Phi) is 6.75. The maximum atomic E-state index is 14.4. The monoisotopic (exact) mass is 710 g/mol. The molecule has 0 radical (unpaired) electrons. The summed E-state index contributed by atoms with van der Waals surface area (Å²) in [7, 11) is 0. The third-order valence-corrected chi connectivity index (χ3v) is 10.7. The van der Waals surface area contributed by atoms with Crippen LogP contribution in [0.4, 0.5) is 11.4 Å². The van der Waals surface area contributed by atoms with Crippen LogP contribution in [0.15, 0.2) is 84.9 Å². The van der Waals surface area contributed by atoms with Gasteiger partial charge in [-0.3, -0.25) is 38.4 Å². The van der Waals surface area contributed by atoms with E-state index in [2.05, 4.69) is 0 Å². The van der Waals surface area contributed by atoms with Crippen molar-refractivity contribution in [3.63, 3.8) is 0 Å². The van der Waals surface area contributed by atoms with E-state index in [9.17, 15) is 38.4 Å². The molecule has 9 rings (SSSR count). The maximum absolute atomic E-state index is 14.4. The van der Waals surface area contributed by atoms with Crippen LogP contribution in [-0.2, 0) is 0 Å². The van der Waals surface area contributed by atoms with Gasteiger partial charge < -0.3 is 0 Å². The fourth-order valence-electron chi connectivity index (χ4n) is 8.38. The molecule has 10 heteroatoms. The number of para-hydroxylation sites is 2. The molecule has 10 nitrogen and oxygen atoms in total. The van der Waals surface area contributed by atoms with E-state index in [0.29, 0.717) is 43.1 Å². The summed E-state index contributed by atoms with van der Waals surface area (Å²) in [6, 6.07) is 22.5. The molecule has 0 atom stereocenters. The van der Waals surface area contributed by atoms with Gasteiger partial charge in [0.25, 0.3) is 23.6 Å². The van der Waals surface area contributed by atoms with Crippen LogP contribution in [0.25, 0.3) is 43.1 Å². The highest BCUT2D eigenvalue weighted by Crippen LogP contribution is 2.47. The van der Waals surface area contributed by atoms with Gasteiger partial charge in [0.2, 0.25) is 0 Å². The van der Waals surface area contributed by atoms with Gasteiger partial charge in [0, 0.05) is 55.3 Å². The Morgan fingerprint density at radius 3 is 0.815 bits per heavy atom. The van der Waals surface area contributed by atoms with Crippen LogP contribution in [0.1, 0.15) is 111 Å². The first-order valence-corrected chi connectivity index (χ1v) is 17.1. The molecule has 0 aromatic heterocycles. The number of rotatable bonds is 6. The second kappa shape index (κ2) is 11.1. The number of imide groups is 2. The Morgan fingerprint density at radius 2 is 0.593 bits per heavy atom. The lowest BCUT2D eigenvalue weighted by atomic mass is 9.82. The van der Waals surface area contributed by atoms with Crippen molar-refractivity contribution in [1.29, 1.82) is 0 Å². The lowest BCUT2D eigenvalue weighted by Gasteiger charge is -2.31. The zero-order chi connectivity index (χ0) is 38.1. The van der Waals surface area contributed by atoms with Gasteiger partial charge in [0.05, 0.1) is 11.4 Å².